The Morgan fingerprint density at radius 2 is 2.07 bits per heavy atom. The Balaban J connectivity index is 2.10. The first-order chi connectivity index (χ1) is 13.5. The van der Waals surface area contributed by atoms with E-state index in [1.807, 2.05) is 26.0 Å². The molecule has 146 valence electrons. The summed E-state index contributed by atoms with van der Waals surface area (Å²) in [6, 6.07) is 8.88. The number of fused-ring (bicyclic) bond motifs is 1. The maximum absolute atomic E-state index is 12.9. The van der Waals surface area contributed by atoms with E-state index in [-0.39, 0.29) is 5.56 Å². The van der Waals surface area contributed by atoms with Gasteiger partial charge in [0.25, 0.3) is 5.56 Å². The fraction of sp³-hybridized carbons (Fsp3) is 0.250. The molecule has 28 heavy (non-hydrogen) atoms. The highest BCUT2D eigenvalue weighted by Gasteiger charge is 2.12. The second-order valence-corrected chi connectivity index (χ2v) is 7.19. The lowest BCUT2D eigenvalue weighted by Crippen LogP contribution is -2.22. The van der Waals surface area contributed by atoms with E-state index < -0.39 is 0 Å². The Bertz CT molecular complexity index is 1110. The van der Waals surface area contributed by atoms with Crippen LogP contribution < -0.4 is 15.0 Å². The summed E-state index contributed by atoms with van der Waals surface area (Å²) in [5.41, 5.74) is 1.09. The summed E-state index contributed by atoms with van der Waals surface area (Å²) in [7, 11) is 1.53. The molecule has 0 unspecified atom stereocenters. The number of rotatable bonds is 6. The molecule has 0 N–H and O–H groups in total. The van der Waals surface area contributed by atoms with Crippen LogP contribution in [-0.2, 0) is 6.42 Å². The zero-order valence-electron chi connectivity index (χ0n) is 15.7. The van der Waals surface area contributed by atoms with Gasteiger partial charge in [-0.25, -0.2) is 4.98 Å². The third-order valence-electron chi connectivity index (χ3n) is 4.05. The molecule has 0 aliphatic heterocycles. The predicted octanol–water partition coefficient (Wildman–Crippen LogP) is 4.66. The minimum Gasteiger partial charge on any atom is -0.491 e. The van der Waals surface area contributed by atoms with Crippen LogP contribution in [0.1, 0.15) is 25.2 Å². The van der Waals surface area contributed by atoms with Gasteiger partial charge < -0.3 is 9.47 Å². The monoisotopic (exact) mass is 463 g/mol. The molecule has 0 aliphatic carbocycles. The summed E-state index contributed by atoms with van der Waals surface area (Å²) < 4.78 is 13.0. The Hall–Kier alpha value is -2.38. The van der Waals surface area contributed by atoms with Crippen LogP contribution in [-0.4, -0.2) is 29.6 Å². The van der Waals surface area contributed by atoms with Crippen molar-refractivity contribution in [2.75, 3.05) is 13.7 Å². The molecule has 2 aromatic carbocycles. The molecule has 0 spiro atoms. The van der Waals surface area contributed by atoms with Crippen molar-refractivity contribution >= 4 is 44.6 Å². The summed E-state index contributed by atoms with van der Waals surface area (Å²) in [6.07, 6.45) is 2.12. The van der Waals surface area contributed by atoms with E-state index in [9.17, 15) is 4.79 Å². The van der Waals surface area contributed by atoms with Gasteiger partial charge in [0.05, 0.1) is 35.9 Å². The number of hydrogen-bond donors (Lipinski definition) is 0. The number of aryl methyl sites for hydroxylation is 1. The molecule has 0 saturated carbocycles. The van der Waals surface area contributed by atoms with Gasteiger partial charge in [0.15, 0.2) is 11.5 Å². The van der Waals surface area contributed by atoms with Crippen molar-refractivity contribution in [2.24, 2.45) is 5.10 Å². The van der Waals surface area contributed by atoms with E-state index in [0.717, 1.165) is 4.47 Å². The van der Waals surface area contributed by atoms with Crippen LogP contribution in [0.15, 0.2) is 44.7 Å². The maximum atomic E-state index is 12.9. The maximum Gasteiger partial charge on any atom is 0.282 e. The predicted molar refractivity (Wildman–Crippen MR) is 115 cm³/mol. The highest BCUT2D eigenvalue weighted by atomic mass is 79.9. The Morgan fingerprint density at radius 1 is 1.29 bits per heavy atom. The van der Waals surface area contributed by atoms with E-state index in [0.29, 0.717) is 51.8 Å². The van der Waals surface area contributed by atoms with Crippen molar-refractivity contribution in [3.8, 4) is 11.5 Å². The number of aromatic nitrogens is 2. The Kier molecular flexibility index (Phi) is 6.36. The molecule has 8 heteroatoms. The molecule has 0 atom stereocenters. The van der Waals surface area contributed by atoms with Gasteiger partial charge in [0.1, 0.15) is 5.82 Å². The minimum atomic E-state index is -0.232. The van der Waals surface area contributed by atoms with Gasteiger partial charge in [0.2, 0.25) is 0 Å². The van der Waals surface area contributed by atoms with Gasteiger partial charge >= 0.3 is 0 Å². The van der Waals surface area contributed by atoms with Crippen molar-refractivity contribution in [1.29, 1.82) is 0 Å². The molecule has 3 aromatic rings. The summed E-state index contributed by atoms with van der Waals surface area (Å²) >= 11 is 9.68. The minimum absolute atomic E-state index is 0.232. The zero-order chi connectivity index (χ0) is 20.3. The average Bonchev–Trinajstić information content (AvgIpc) is 2.67. The van der Waals surface area contributed by atoms with Crippen molar-refractivity contribution in [1.82, 2.24) is 9.66 Å². The second kappa shape index (κ2) is 8.75. The molecule has 0 aliphatic rings. The van der Waals surface area contributed by atoms with Crippen LogP contribution in [0.2, 0.25) is 5.02 Å². The van der Waals surface area contributed by atoms with E-state index in [1.165, 1.54) is 11.8 Å². The summed E-state index contributed by atoms with van der Waals surface area (Å²) in [4.78, 5) is 17.5. The van der Waals surface area contributed by atoms with Crippen LogP contribution in [0.25, 0.3) is 10.9 Å². The van der Waals surface area contributed by atoms with Crippen LogP contribution in [0.5, 0.6) is 11.5 Å². The highest BCUT2D eigenvalue weighted by molar-refractivity contribution is 9.10. The molecule has 1 heterocycles. The average molecular weight is 465 g/mol. The van der Waals surface area contributed by atoms with Gasteiger partial charge in [0, 0.05) is 10.9 Å². The number of benzene rings is 2. The van der Waals surface area contributed by atoms with Crippen molar-refractivity contribution in [3.63, 3.8) is 0 Å². The highest BCUT2D eigenvalue weighted by Crippen LogP contribution is 2.35. The molecular weight excluding hydrogens is 446 g/mol. The number of methoxy groups -OCH3 is 1. The molecule has 0 fully saturated rings. The van der Waals surface area contributed by atoms with Crippen LogP contribution in [0.3, 0.4) is 0 Å². The van der Waals surface area contributed by atoms with Gasteiger partial charge in [-0.2, -0.15) is 9.78 Å². The van der Waals surface area contributed by atoms with Gasteiger partial charge in [-0.05, 0) is 42.8 Å². The fourth-order valence-corrected chi connectivity index (χ4v) is 3.45. The first-order valence-corrected chi connectivity index (χ1v) is 9.91. The summed E-state index contributed by atoms with van der Waals surface area (Å²) in [6.45, 7) is 4.27. The number of ether oxygens (including phenoxy) is 2. The summed E-state index contributed by atoms with van der Waals surface area (Å²) in [5, 5.41) is 5.26. The molecule has 0 saturated heterocycles. The fourth-order valence-electron chi connectivity index (χ4n) is 2.79. The molecule has 6 nitrogen and oxygen atoms in total. The third-order valence-corrected chi connectivity index (χ3v) is 4.82. The van der Waals surface area contributed by atoms with Crippen molar-refractivity contribution in [3.05, 3.63) is 61.6 Å². The smallest absolute Gasteiger partial charge is 0.282 e. The van der Waals surface area contributed by atoms with Crippen molar-refractivity contribution < 1.29 is 9.47 Å². The Labute approximate surface area is 175 Å². The Morgan fingerprint density at radius 3 is 2.75 bits per heavy atom. The molecule has 0 bridgehead atoms. The molecule has 0 radical (unpaired) electrons. The van der Waals surface area contributed by atoms with Crippen LogP contribution >= 0.6 is 27.5 Å². The molecule has 0 amide bonds. The van der Waals surface area contributed by atoms with Crippen molar-refractivity contribution in [2.45, 2.75) is 20.3 Å². The third kappa shape index (κ3) is 4.05. The van der Waals surface area contributed by atoms with Crippen LogP contribution in [0.4, 0.5) is 0 Å². The summed E-state index contributed by atoms with van der Waals surface area (Å²) in [5.74, 6) is 1.55. The lowest BCUT2D eigenvalue weighted by Gasteiger charge is -2.12. The second-order valence-electron chi connectivity index (χ2n) is 5.87. The van der Waals surface area contributed by atoms with Gasteiger partial charge in [-0.15, -0.1) is 0 Å². The first-order valence-electron chi connectivity index (χ1n) is 8.74. The zero-order valence-corrected chi connectivity index (χ0v) is 18.0. The topological polar surface area (TPSA) is 65.7 Å². The van der Waals surface area contributed by atoms with E-state index in [4.69, 9.17) is 21.1 Å². The lowest BCUT2D eigenvalue weighted by atomic mass is 10.2. The van der Waals surface area contributed by atoms with E-state index in [2.05, 4.69) is 26.0 Å². The van der Waals surface area contributed by atoms with Gasteiger partial charge in [-0.1, -0.05) is 34.5 Å². The largest absolute Gasteiger partial charge is 0.491 e. The molecular formula is C20H19BrClN3O3. The number of nitrogens with zero attached hydrogens (tertiary/aromatic N) is 3. The normalized spacial score (nSPS) is 11.3. The molecule has 1 aromatic heterocycles. The van der Waals surface area contributed by atoms with Crippen LogP contribution in [0, 0.1) is 0 Å². The van der Waals surface area contributed by atoms with Gasteiger partial charge in [-0.3, -0.25) is 4.79 Å². The molecule has 3 rings (SSSR count). The lowest BCUT2D eigenvalue weighted by molar-refractivity contribution is 0.311. The quantitative estimate of drug-likeness (QED) is 0.498. The van der Waals surface area contributed by atoms with E-state index in [1.54, 1.807) is 24.4 Å². The number of halogens is 2. The first kappa shape index (κ1) is 20.4. The standard InChI is InChI=1S/C20H19BrClN3O3/c1-4-18-24-16-7-6-13(21)10-14(16)20(26)25(18)23-11-12-8-15(22)19(27-3)17(9-12)28-5-2/h6-11H,4-5H2,1-3H3. The van der Waals surface area contributed by atoms with E-state index >= 15 is 0 Å². The number of hydrogen-bond acceptors (Lipinski definition) is 5. The SMILES string of the molecule is CCOc1cc(C=Nn2c(CC)nc3ccc(Br)cc3c2=O)cc(Cl)c1OC.